The van der Waals surface area contributed by atoms with Crippen LogP contribution in [0.25, 0.3) is 0 Å². The second-order valence-electron chi connectivity index (χ2n) is 5.74. The Hall–Kier alpha value is -1.36. The van der Waals surface area contributed by atoms with Gasteiger partial charge >= 0.3 is 0 Å². The van der Waals surface area contributed by atoms with Crippen LogP contribution < -0.4 is 15.0 Å². The topological polar surface area (TPSA) is 50.3 Å². The molecule has 0 aromatic carbocycles. The Morgan fingerprint density at radius 1 is 1.38 bits per heavy atom. The number of anilines is 1. The summed E-state index contributed by atoms with van der Waals surface area (Å²) >= 11 is 0. The van der Waals surface area contributed by atoms with E-state index in [1.54, 1.807) is 0 Å². The fourth-order valence-electron chi connectivity index (χ4n) is 2.82. The monoisotopic (exact) mass is 292 g/mol. The third-order valence-corrected chi connectivity index (χ3v) is 3.77. The molecule has 1 fully saturated rings. The molecule has 0 amide bonds. The molecule has 118 valence electrons. The van der Waals surface area contributed by atoms with Crippen LogP contribution in [0.15, 0.2) is 6.07 Å². The van der Waals surface area contributed by atoms with Crippen molar-refractivity contribution in [2.75, 3.05) is 37.7 Å². The molecule has 1 unspecified atom stereocenters. The molecule has 0 saturated carbocycles. The van der Waals surface area contributed by atoms with Crippen LogP contribution in [-0.2, 0) is 0 Å². The summed E-state index contributed by atoms with van der Waals surface area (Å²) in [6.07, 6.45) is 3.66. The molecular formula is C16H28N4O. The number of piperidine rings is 1. The number of ether oxygens (including phenoxy) is 1. The third kappa shape index (κ3) is 4.84. The zero-order valence-electron chi connectivity index (χ0n) is 13.6. The van der Waals surface area contributed by atoms with Gasteiger partial charge in [-0.05, 0) is 52.1 Å². The van der Waals surface area contributed by atoms with E-state index in [2.05, 4.69) is 27.1 Å². The number of nitrogens with one attached hydrogen (secondary N) is 1. The van der Waals surface area contributed by atoms with Crippen LogP contribution in [0.4, 0.5) is 5.95 Å². The van der Waals surface area contributed by atoms with Gasteiger partial charge in [0.15, 0.2) is 0 Å². The number of aromatic nitrogens is 2. The number of hydrogen-bond donors (Lipinski definition) is 1. The molecule has 1 saturated heterocycles. The fraction of sp³-hybridized carbons (Fsp3) is 0.750. The smallest absolute Gasteiger partial charge is 0.228 e. The Balaban J connectivity index is 2.12. The SMILES string of the molecule is CCCN(CC1CCCNC1)c1nc(C)cc(OCC)n1. The van der Waals surface area contributed by atoms with Crippen LogP contribution >= 0.6 is 0 Å². The van der Waals surface area contributed by atoms with Crippen molar-refractivity contribution in [3.05, 3.63) is 11.8 Å². The van der Waals surface area contributed by atoms with Gasteiger partial charge < -0.3 is 15.0 Å². The lowest BCUT2D eigenvalue weighted by Gasteiger charge is -2.30. The molecule has 1 aliphatic rings. The Labute approximate surface area is 128 Å². The third-order valence-electron chi connectivity index (χ3n) is 3.77. The summed E-state index contributed by atoms with van der Waals surface area (Å²) in [5, 5.41) is 3.48. The van der Waals surface area contributed by atoms with Crippen molar-refractivity contribution in [3.8, 4) is 5.88 Å². The van der Waals surface area contributed by atoms with Crippen LogP contribution in [0.3, 0.4) is 0 Å². The number of hydrogen-bond acceptors (Lipinski definition) is 5. The van der Waals surface area contributed by atoms with Gasteiger partial charge in [-0.15, -0.1) is 0 Å². The highest BCUT2D eigenvalue weighted by atomic mass is 16.5. The quantitative estimate of drug-likeness (QED) is 0.836. The van der Waals surface area contributed by atoms with Gasteiger partial charge in [-0.3, -0.25) is 0 Å². The molecule has 0 bridgehead atoms. The zero-order valence-corrected chi connectivity index (χ0v) is 13.6. The average Bonchev–Trinajstić information content (AvgIpc) is 2.48. The molecule has 0 radical (unpaired) electrons. The van der Waals surface area contributed by atoms with Gasteiger partial charge in [-0.1, -0.05) is 6.92 Å². The first-order valence-electron chi connectivity index (χ1n) is 8.17. The highest BCUT2D eigenvalue weighted by molar-refractivity contribution is 5.34. The van der Waals surface area contributed by atoms with E-state index in [1.807, 2.05) is 19.9 Å². The maximum absolute atomic E-state index is 5.56. The summed E-state index contributed by atoms with van der Waals surface area (Å²) in [7, 11) is 0. The number of nitrogens with zero attached hydrogens (tertiary/aromatic N) is 3. The van der Waals surface area contributed by atoms with Gasteiger partial charge in [-0.2, -0.15) is 4.98 Å². The lowest BCUT2D eigenvalue weighted by Crippen LogP contribution is -2.39. The Bertz CT molecular complexity index is 432. The first kappa shape index (κ1) is 16.0. The van der Waals surface area contributed by atoms with Crippen molar-refractivity contribution in [2.24, 2.45) is 5.92 Å². The van der Waals surface area contributed by atoms with E-state index in [4.69, 9.17) is 4.74 Å². The standard InChI is InChI=1S/C16H28N4O/c1-4-9-20(12-14-7-6-8-17-11-14)16-18-13(3)10-15(19-16)21-5-2/h10,14,17H,4-9,11-12H2,1-3H3. The van der Waals surface area contributed by atoms with Gasteiger partial charge in [0.2, 0.25) is 11.8 Å². The molecule has 5 heteroatoms. The Morgan fingerprint density at radius 3 is 2.90 bits per heavy atom. The maximum Gasteiger partial charge on any atom is 0.228 e. The molecule has 5 nitrogen and oxygen atoms in total. The van der Waals surface area contributed by atoms with E-state index in [0.29, 0.717) is 18.4 Å². The van der Waals surface area contributed by atoms with Gasteiger partial charge in [0.25, 0.3) is 0 Å². The second kappa shape index (κ2) is 8.17. The normalized spacial score (nSPS) is 18.5. The summed E-state index contributed by atoms with van der Waals surface area (Å²) < 4.78 is 5.56. The maximum atomic E-state index is 5.56. The molecule has 0 aliphatic carbocycles. The van der Waals surface area contributed by atoms with E-state index in [0.717, 1.165) is 44.2 Å². The summed E-state index contributed by atoms with van der Waals surface area (Å²) in [4.78, 5) is 11.5. The van der Waals surface area contributed by atoms with E-state index in [-0.39, 0.29) is 0 Å². The fourth-order valence-corrected chi connectivity index (χ4v) is 2.82. The van der Waals surface area contributed by atoms with Crippen molar-refractivity contribution in [1.82, 2.24) is 15.3 Å². The van der Waals surface area contributed by atoms with Crippen molar-refractivity contribution >= 4 is 5.95 Å². The minimum absolute atomic E-state index is 0.635. The highest BCUT2D eigenvalue weighted by Gasteiger charge is 2.19. The summed E-state index contributed by atoms with van der Waals surface area (Å²) in [6, 6.07) is 1.90. The summed E-state index contributed by atoms with van der Waals surface area (Å²) in [5.74, 6) is 2.18. The molecule has 2 heterocycles. The minimum atomic E-state index is 0.635. The van der Waals surface area contributed by atoms with E-state index in [9.17, 15) is 0 Å². The Kier molecular flexibility index (Phi) is 6.23. The predicted octanol–water partition coefficient (Wildman–Crippen LogP) is 2.40. The van der Waals surface area contributed by atoms with Crippen LogP contribution in [0, 0.1) is 12.8 Å². The van der Waals surface area contributed by atoms with Crippen LogP contribution in [-0.4, -0.2) is 42.8 Å². The van der Waals surface area contributed by atoms with Gasteiger partial charge in [0.1, 0.15) is 0 Å². The van der Waals surface area contributed by atoms with Crippen molar-refractivity contribution in [3.63, 3.8) is 0 Å². The lowest BCUT2D eigenvalue weighted by molar-refractivity contribution is 0.325. The van der Waals surface area contributed by atoms with Crippen molar-refractivity contribution in [2.45, 2.75) is 40.0 Å². The first-order chi connectivity index (χ1) is 10.2. The molecule has 2 rings (SSSR count). The van der Waals surface area contributed by atoms with Crippen molar-refractivity contribution in [1.29, 1.82) is 0 Å². The van der Waals surface area contributed by atoms with Crippen LogP contribution in [0.5, 0.6) is 5.88 Å². The molecule has 1 aromatic rings. The summed E-state index contributed by atoms with van der Waals surface area (Å²) in [5.41, 5.74) is 0.964. The molecular weight excluding hydrogens is 264 g/mol. The largest absolute Gasteiger partial charge is 0.478 e. The molecule has 1 N–H and O–H groups in total. The molecule has 1 atom stereocenters. The zero-order chi connectivity index (χ0) is 15.1. The molecule has 21 heavy (non-hydrogen) atoms. The van der Waals surface area contributed by atoms with Crippen molar-refractivity contribution < 1.29 is 4.74 Å². The van der Waals surface area contributed by atoms with Gasteiger partial charge in [0.05, 0.1) is 6.61 Å². The molecule has 0 spiro atoms. The van der Waals surface area contributed by atoms with Crippen LogP contribution in [0.1, 0.15) is 38.8 Å². The molecule has 1 aromatic heterocycles. The van der Waals surface area contributed by atoms with E-state index in [1.165, 1.54) is 12.8 Å². The molecule has 1 aliphatic heterocycles. The van der Waals surface area contributed by atoms with E-state index < -0.39 is 0 Å². The highest BCUT2D eigenvalue weighted by Crippen LogP contribution is 2.19. The number of rotatable bonds is 7. The van der Waals surface area contributed by atoms with Crippen LogP contribution in [0.2, 0.25) is 0 Å². The summed E-state index contributed by atoms with van der Waals surface area (Å²) in [6.45, 7) is 11.1. The first-order valence-corrected chi connectivity index (χ1v) is 8.17. The predicted molar refractivity (Wildman–Crippen MR) is 86.0 cm³/mol. The van der Waals surface area contributed by atoms with Gasteiger partial charge in [-0.25, -0.2) is 4.98 Å². The number of aryl methyl sites for hydroxylation is 1. The average molecular weight is 292 g/mol. The van der Waals surface area contributed by atoms with Gasteiger partial charge in [0, 0.05) is 24.8 Å². The second-order valence-corrected chi connectivity index (χ2v) is 5.74. The minimum Gasteiger partial charge on any atom is -0.478 e. The lowest BCUT2D eigenvalue weighted by atomic mass is 9.99. The van der Waals surface area contributed by atoms with E-state index >= 15 is 0 Å². The Morgan fingerprint density at radius 2 is 2.24 bits per heavy atom.